The summed E-state index contributed by atoms with van der Waals surface area (Å²) >= 11 is 1.73. The molecule has 0 saturated carbocycles. The average molecular weight is 199 g/mol. The first-order chi connectivity index (χ1) is 6.81. The van der Waals surface area contributed by atoms with E-state index in [0.29, 0.717) is 5.56 Å². The molecule has 2 rings (SSSR count). The smallest absolute Gasteiger partial charge is 0.0991 e. The molecule has 14 heavy (non-hydrogen) atoms. The molecule has 0 N–H and O–H groups in total. The van der Waals surface area contributed by atoms with E-state index < -0.39 is 0 Å². The number of thiophene rings is 1. The molecular formula is C12H9NS. The summed E-state index contributed by atoms with van der Waals surface area (Å²) in [5, 5.41) is 10.9. The van der Waals surface area contributed by atoms with Gasteiger partial charge in [-0.15, -0.1) is 11.3 Å². The van der Waals surface area contributed by atoms with Crippen LogP contribution in [0, 0.1) is 18.3 Å². The van der Waals surface area contributed by atoms with Crippen molar-refractivity contribution < 1.29 is 0 Å². The van der Waals surface area contributed by atoms with Crippen LogP contribution in [0.2, 0.25) is 0 Å². The Morgan fingerprint density at radius 2 is 2.14 bits per heavy atom. The highest BCUT2D eigenvalue weighted by Crippen LogP contribution is 2.27. The Morgan fingerprint density at radius 1 is 1.29 bits per heavy atom. The lowest BCUT2D eigenvalue weighted by atomic mass is 10.0. The molecule has 0 unspecified atom stereocenters. The van der Waals surface area contributed by atoms with E-state index in [-0.39, 0.29) is 0 Å². The molecule has 0 radical (unpaired) electrons. The Bertz CT molecular complexity index is 491. The molecule has 0 bridgehead atoms. The zero-order chi connectivity index (χ0) is 9.97. The Balaban J connectivity index is 2.53. The third kappa shape index (κ3) is 1.55. The van der Waals surface area contributed by atoms with Gasteiger partial charge in [-0.05, 0) is 41.6 Å². The second kappa shape index (κ2) is 3.65. The summed E-state index contributed by atoms with van der Waals surface area (Å²) in [5.74, 6) is 0. The van der Waals surface area contributed by atoms with Crippen LogP contribution in [-0.4, -0.2) is 0 Å². The van der Waals surface area contributed by atoms with Gasteiger partial charge in [0.25, 0.3) is 0 Å². The molecular weight excluding hydrogens is 190 g/mol. The van der Waals surface area contributed by atoms with Gasteiger partial charge in [-0.2, -0.15) is 5.26 Å². The Hall–Kier alpha value is -1.59. The fourth-order valence-electron chi connectivity index (χ4n) is 1.44. The third-order valence-corrected chi connectivity index (χ3v) is 3.01. The number of benzene rings is 1. The minimum absolute atomic E-state index is 0.716. The van der Waals surface area contributed by atoms with Gasteiger partial charge in [0, 0.05) is 4.88 Å². The van der Waals surface area contributed by atoms with Gasteiger partial charge in [0.1, 0.15) is 0 Å². The van der Waals surface area contributed by atoms with Crippen molar-refractivity contribution in [2.24, 2.45) is 0 Å². The standard InChI is InChI=1S/C12H9NS/c1-9-12(5-6-14-9)11-4-2-3-10(7-11)8-13/h2-7H,1H3. The summed E-state index contributed by atoms with van der Waals surface area (Å²) in [6.07, 6.45) is 0. The van der Waals surface area contributed by atoms with E-state index >= 15 is 0 Å². The van der Waals surface area contributed by atoms with Crippen LogP contribution in [-0.2, 0) is 0 Å². The minimum atomic E-state index is 0.716. The van der Waals surface area contributed by atoms with Crippen LogP contribution in [0.3, 0.4) is 0 Å². The van der Waals surface area contributed by atoms with Gasteiger partial charge in [-0.3, -0.25) is 0 Å². The lowest BCUT2D eigenvalue weighted by molar-refractivity contribution is 1.48. The van der Waals surface area contributed by atoms with Crippen LogP contribution >= 0.6 is 11.3 Å². The van der Waals surface area contributed by atoms with Gasteiger partial charge < -0.3 is 0 Å². The molecule has 1 heterocycles. The van der Waals surface area contributed by atoms with Crippen molar-refractivity contribution in [3.63, 3.8) is 0 Å². The predicted molar refractivity (Wildman–Crippen MR) is 59.2 cm³/mol. The molecule has 0 fully saturated rings. The second-order valence-corrected chi connectivity index (χ2v) is 4.20. The maximum Gasteiger partial charge on any atom is 0.0991 e. The van der Waals surface area contributed by atoms with E-state index in [0.717, 1.165) is 5.56 Å². The number of rotatable bonds is 1. The van der Waals surface area contributed by atoms with E-state index in [4.69, 9.17) is 5.26 Å². The van der Waals surface area contributed by atoms with Gasteiger partial charge in [-0.25, -0.2) is 0 Å². The highest BCUT2D eigenvalue weighted by atomic mass is 32.1. The first-order valence-corrected chi connectivity index (χ1v) is 5.24. The topological polar surface area (TPSA) is 23.8 Å². The molecule has 0 saturated heterocycles. The molecule has 0 amide bonds. The summed E-state index contributed by atoms with van der Waals surface area (Å²) in [6, 6.07) is 12.0. The van der Waals surface area contributed by atoms with Crippen LogP contribution < -0.4 is 0 Å². The predicted octanol–water partition coefficient (Wildman–Crippen LogP) is 3.60. The normalized spacial score (nSPS) is 9.71. The number of hydrogen-bond donors (Lipinski definition) is 0. The molecule has 0 spiro atoms. The number of nitrogens with zero attached hydrogens (tertiary/aromatic N) is 1. The van der Waals surface area contributed by atoms with Crippen molar-refractivity contribution in [3.05, 3.63) is 46.2 Å². The molecule has 0 aliphatic carbocycles. The highest BCUT2D eigenvalue weighted by molar-refractivity contribution is 7.10. The zero-order valence-corrected chi connectivity index (χ0v) is 8.64. The molecule has 68 valence electrons. The van der Waals surface area contributed by atoms with Gasteiger partial charge in [-0.1, -0.05) is 12.1 Å². The van der Waals surface area contributed by atoms with E-state index in [2.05, 4.69) is 24.4 Å². The summed E-state index contributed by atoms with van der Waals surface area (Å²) in [4.78, 5) is 1.29. The van der Waals surface area contributed by atoms with E-state index in [1.807, 2.05) is 24.3 Å². The Labute approximate surface area is 87.3 Å². The Morgan fingerprint density at radius 3 is 2.79 bits per heavy atom. The molecule has 2 heteroatoms. The number of nitriles is 1. The molecule has 1 aromatic heterocycles. The monoisotopic (exact) mass is 199 g/mol. The van der Waals surface area contributed by atoms with Crippen molar-refractivity contribution in [1.82, 2.24) is 0 Å². The second-order valence-electron chi connectivity index (χ2n) is 3.08. The molecule has 1 nitrogen and oxygen atoms in total. The largest absolute Gasteiger partial charge is 0.192 e. The summed E-state index contributed by atoms with van der Waals surface area (Å²) in [7, 11) is 0. The van der Waals surface area contributed by atoms with Gasteiger partial charge in [0.2, 0.25) is 0 Å². The zero-order valence-electron chi connectivity index (χ0n) is 7.82. The lowest BCUT2D eigenvalue weighted by Gasteiger charge is -1.99. The van der Waals surface area contributed by atoms with Crippen molar-refractivity contribution in [3.8, 4) is 17.2 Å². The summed E-state index contributed by atoms with van der Waals surface area (Å²) in [6.45, 7) is 2.10. The first kappa shape index (κ1) is 8.98. The SMILES string of the molecule is Cc1sccc1-c1cccc(C#N)c1. The molecule has 0 aliphatic heterocycles. The third-order valence-electron chi connectivity index (χ3n) is 2.16. The van der Waals surface area contributed by atoms with Gasteiger partial charge >= 0.3 is 0 Å². The highest BCUT2D eigenvalue weighted by Gasteiger charge is 2.02. The van der Waals surface area contributed by atoms with Crippen LogP contribution in [0.15, 0.2) is 35.7 Å². The molecule has 2 aromatic rings. The molecule has 0 atom stereocenters. The van der Waals surface area contributed by atoms with Crippen molar-refractivity contribution in [2.75, 3.05) is 0 Å². The fraction of sp³-hybridized carbons (Fsp3) is 0.0833. The van der Waals surface area contributed by atoms with Crippen LogP contribution in [0.25, 0.3) is 11.1 Å². The quantitative estimate of drug-likeness (QED) is 0.688. The molecule has 0 aliphatic rings. The van der Waals surface area contributed by atoms with Crippen molar-refractivity contribution in [2.45, 2.75) is 6.92 Å². The first-order valence-electron chi connectivity index (χ1n) is 4.36. The van der Waals surface area contributed by atoms with Crippen LogP contribution in [0.4, 0.5) is 0 Å². The molecule has 1 aromatic carbocycles. The maximum absolute atomic E-state index is 8.78. The van der Waals surface area contributed by atoms with Gasteiger partial charge in [0.15, 0.2) is 0 Å². The van der Waals surface area contributed by atoms with E-state index in [1.54, 1.807) is 11.3 Å². The van der Waals surface area contributed by atoms with Crippen molar-refractivity contribution >= 4 is 11.3 Å². The number of hydrogen-bond acceptors (Lipinski definition) is 2. The van der Waals surface area contributed by atoms with Gasteiger partial charge in [0.05, 0.1) is 11.6 Å². The van der Waals surface area contributed by atoms with E-state index in [9.17, 15) is 0 Å². The van der Waals surface area contributed by atoms with E-state index in [1.165, 1.54) is 10.4 Å². The number of aryl methyl sites for hydroxylation is 1. The summed E-state index contributed by atoms with van der Waals surface area (Å²) in [5.41, 5.74) is 3.07. The fourth-order valence-corrected chi connectivity index (χ4v) is 2.16. The minimum Gasteiger partial charge on any atom is -0.192 e. The van der Waals surface area contributed by atoms with Crippen LogP contribution in [0.1, 0.15) is 10.4 Å². The van der Waals surface area contributed by atoms with Crippen molar-refractivity contribution in [1.29, 1.82) is 5.26 Å². The van der Waals surface area contributed by atoms with Crippen LogP contribution in [0.5, 0.6) is 0 Å². The average Bonchev–Trinajstić information content (AvgIpc) is 2.65. The lowest BCUT2D eigenvalue weighted by Crippen LogP contribution is -1.78. The summed E-state index contributed by atoms with van der Waals surface area (Å²) < 4.78 is 0. The Kier molecular flexibility index (Phi) is 2.34. The maximum atomic E-state index is 8.78.